The van der Waals surface area contributed by atoms with Gasteiger partial charge in [0.2, 0.25) is 0 Å². The van der Waals surface area contributed by atoms with Gasteiger partial charge in [-0.1, -0.05) is 6.07 Å². The van der Waals surface area contributed by atoms with Gasteiger partial charge in [-0.05, 0) is 32.0 Å². The first-order valence-corrected chi connectivity index (χ1v) is 5.99. The van der Waals surface area contributed by atoms with Crippen LogP contribution >= 0.6 is 0 Å². The minimum absolute atomic E-state index is 0.299. The Morgan fingerprint density at radius 3 is 2.94 bits per heavy atom. The van der Waals surface area contributed by atoms with Crippen LogP contribution < -0.4 is 5.32 Å². The fraction of sp³-hybridized carbons (Fsp3) is 0.385. The molecule has 4 heteroatoms. The Kier molecular flexibility index (Phi) is 4.27. The molecule has 0 fully saturated rings. The predicted octanol–water partition coefficient (Wildman–Crippen LogP) is 2.09. The number of aromatic amines is 1. The van der Waals surface area contributed by atoms with Crippen molar-refractivity contribution in [2.45, 2.75) is 25.8 Å². The third-order valence-electron chi connectivity index (χ3n) is 2.73. The molecular weight excluding hydrogens is 212 g/mol. The molecule has 2 aromatic rings. The van der Waals surface area contributed by atoms with Crippen molar-refractivity contribution in [3.05, 3.63) is 48.3 Å². The molecule has 4 nitrogen and oxygen atoms in total. The maximum Gasteiger partial charge on any atom is 0.106 e. The lowest BCUT2D eigenvalue weighted by atomic mass is 10.2. The molecule has 2 N–H and O–H groups in total. The molecule has 0 aliphatic carbocycles. The van der Waals surface area contributed by atoms with E-state index in [0.717, 1.165) is 30.9 Å². The van der Waals surface area contributed by atoms with E-state index in [4.69, 9.17) is 0 Å². The second kappa shape index (κ2) is 6.15. The molecule has 1 unspecified atom stereocenters. The van der Waals surface area contributed by atoms with Crippen LogP contribution in [0.1, 0.15) is 30.9 Å². The molecule has 2 rings (SSSR count). The molecule has 17 heavy (non-hydrogen) atoms. The van der Waals surface area contributed by atoms with E-state index in [1.54, 1.807) is 6.20 Å². The minimum atomic E-state index is 0.299. The highest BCUT2D eigenvalue weighted by molar-refractivity contribution is 5.07. The normalized spacial score (nSPS) is 12.5. The van der Waals surface area contributed by atoms with E-state index in [-0.39, 0.29) is 0 Å². The first kappa shape index (κ1) is 11.8. The quantitative estimate of drug-likeness (QED) is 0.747. The first-order chi connectivity index (χ1) is 8.36. The van der Waals surface area contributed by atoms with Gasteiger partial charge in [0, 0.05) is 31.1 Å². The Morgan fingerprint density at radius 1 is 1.29 bits per heavy atom. The van der Waals surface area contributed by atoms with Crippen LogP contribution in [0, 0.1) is 0 Å². The number of H-pyrrole nitrogens is 1. The molecule has 0 aliphatic heterocycles. The predicted molar refractivity (Wildman–Crippen MR) is 67.6 cm³/mol. The number of pyridine rings is 1. The van der Waals surface area contributed by atoms with Crippen molar-refractivity contribution in [3.63, 3.8) is 0 Å². The van der Waals surface area contributed by atoms with Gasteiger partial charge in [0.25, 0.3) is 0 Å². The Hall–Kier alpha value is -1.68. The van der Waals surface area contributed by atoms with Crippen molar-refractivity contribution in [1.82, 2.24) is 20.3 Å². The zero-order valence-corrected chi connectivity index (χ0v) is 10.1. The Bertz CT molecular complexity index is 410. The summed E-state index contributed by atoms with van der Waals surface area (Å²) in [5.74, 6) is 1.05. The topological polar surface area (TPSA) is 53.6 Å². The van der Waals surface area contributed by atoms with Crippen LogP contribution in [-0.4, -0.2) is 21.5 Å². The second-order valence-corrected chi connectivity index (χ2v) is 4.07. The van der Waals surface area contributed by atoms with Gasteiger partial charge in [-0.25, -0.2) is 4.98 Å². The van der Waals surface area contributed by atoms with E-state index in [1.165, 1.54) is 0 Å². The monoisotopic (exact) mass is 230 g/mol. The fourth-order valence-corrected chi connectivity index (χ4v) is 1.75. The zero-order valence-electron chi connectivity index (χ0n) is 10.1. The van der Waals surface area contributed by atoms with Crippen molar-refractivity contribution in [2.24, 2.45) is 0 Å². The maximum atomic E-state index is 4.33. The van der Waals surface area contributed by atoms with Gasteiger partial charge in [-0.2, -0.15) is 0 Å². The number of nitrogens with one attached hydrogen (secondary N) is 2. The van der Waals surface area contributed by atoms with Gasteiger partial charge < -0.3 is 10.3 Å². The molecule has 0 aliphatic rings. The van der Waals surface area contributed by atoms with Crippen LogP contribution in [0.3, 0.4) is 0 Å². The lowest BCUT2D eigenvalue weighted by molar-refractivity contribution is 0.544. The van der Waals surface area contributed by atoms with Crippen molar-refractivity contribution in [3.8, 4) is 0 Å². The molecule has 0 bridgehead atoms. The molecule has 1 atom stereocenters. The molecule has 2 heterocycles. The van der Waals surface area contributed by atoms with Crippen LogP contribution in [0.2, 0.25) is 0 Å². The molecule has 0 saturated heterocycles. The van der Waals surface area contributed by atoms with Crippen molar-refractivity contribution < 1.29 is 0 Å². The van der Waals surface area contributed by atoms with E-state index in [1.807, 2.05) is 30.6 Å². The Morgan fingerprint density at radius 2 is 2.24 bits per heavy atom. The van der Waals surface area contributed by atoms with Gasteiger partial charge >= 0.3 is 0 Å². The molecule has 0 spiro atoms. The highest BCUT2D eigenvalue weighted by atomic mass is 14.9. The molecule has 0 aromatic carbocycles. The smallest absolute Gasteiger partial charge is 0.106 e. The second-order valence-electron chi connectivity index (χ2n) is 4.07. The molecule has 0 amide bonds. The van der Waals surface area contributed by atoms with Gasteiger partial charge in [0.15, 0.2) is 0 Å². The number of rotatable bonds is 6. The number of aromatic nitrogens is 3. The van der Waals surface area contributed by atoms with Crippen molar-refractivity contribution in [1.29, 1.82) is 0 Å². The van der Waals surface area contributed by atoms with Crippen LogP contribution in [0.15, 0.2) is 36.8 Å². The van der Waals surface area contributed by atoms with Gasteiger partial charge in [-0.15, -0.1) is 0 Å². The van der Waals surface area contributed by atoms with Crippen molar-refractivity contribution in [2.75, 3.05) is 6.54 Å². The van der Waals surface area contributed by atoms with Gasteiger partial charge in [0.1, 0.15) is 5.82 Å². The summed E-state index contributed by atoms with van der Waals surface area (Å²) in [6.07, 6.45) is 7.54. The summed E-state index contributed by atoms with van der Waals surface area (Å²) < 4.78 is 0. The number of hydrogen-bond acceptors (Lipinski definition) is 3. The lowest BCUT2D eigenvalue weighted by Crippen LogP contribution is -2.21. The number of imidazole rings is 1. The Labute approximate surface area is 102 Å². The number of aryl methyl sites for hydroxylation is 1. The largest absolute Gasteiger partial charge is 0.349 e. The standard InChI is InChI=1S/C13H18N4/c1-11(12-5-2-3-7-15-12)14-8-4-6-13-16-9-10-17-13/h2-3,5,7,9-11,14H,4,6,8H2,1H3,(H,16,17). The first-order valence-electron chi connectivity index (χ1n) is 5.99. The van der Waals surface area contributed by atoms with Crippen LogP contribution in [0.4, 0.5) is 0 Å². The van der Waals surface area contributed by atoms with Crippen LogP contribution in [-0.2, 0) is 6.42 Å². The SMILES string of the molecule is CC(NCCCc1ncc[nH]1)c1ccccn1. The molecular formula is C13H18N4. The average molecular weight is 230 g/mol. The fourth-order valence-electron chi connectivity index (χ4n) is 1.75. The third-order valence-corrected chi connectivity index (χ3v) is 2.73. The summed E-state index contributed by atoms with van der Waals surface area (Å²) in [5.41, 5.74) is 1.09. The highest BCUT2D eigenvalue weighted by Crippen LogP contribution is 2.07. The summed E-state index contributed by atoms with van der Waals surface area (Å²) in [5, 5.41) is 3.46. The minimum Gasteiger partial charge on any atom is -0.349 e. The summed E-state index contributed by atoms with van der Waals surface area (Å²) in [6, 6.07) is 6.30. The van der Waals surface area contributed by atoms with Crippen molar-refractivity contribution >= 4 is 0 Å². The van der Waals surface area contributed by atoms with E-state index < -0.39 is 0 Å². The van der Waals surface area contributed by atoms with Crippen LogP contribution in [0.5, 0.6) is 0 Å². The van der Waals surface area contributed by atoms with Gasteiger partial charge in [0.05, 0.1) is 5.69 Å². The van der Waals surface area contributed by atoms with E-state index in [2.05, 4.69) is 27.2 Å². The number of nitrogens with zero attached hydrogens (tertiary/aromatic N) is 2. The zero-order chi connectivity index (χ0) is 11.9. The highest BCUT2D eigenvalue weighted by Gasteiger charge is 2.04. The average Bonchev–Trinajstić information content (AvgIpc) is 2.88. The van der Waals surface area contributed by atoms with Crippen LogP contribution in [0.25, 0.3) is 0 Å². The Balaban J connectivity index is 1.68. The van der Waals surface area contributed by atoms with E-state index >= 15 is 0 Å². The lowest BCUT2D eigenvalue weighted by Gasteiger charge is -2.12. The van der Waals surface area contributed by atoms with E-state index in [9.17, 15) is 0 Å². The summed E-state index contributed by atoms with van der Waals surface area (Å²) in [6.45, 7) is 3.10. The molecule has 0 saturated carbocycles. The van der Waals surface area contributed by atoms with E-state index in [0.29, 0.717) is 6.04 Å². The summed E-state index contributed by atoms with van der Waals surface area (Å²) in [7, 11) is 0. The summed E-state index contributed by atoms with van der Waals surface area (Å²) in [4.78, 5) is 11.6. The van der Waals surface area contributed by atoms with Gasteiger partial charge in [-0.3, -0.25) is 4.98 Å². The third kappa shape index (κ3) is 3.67. The molecule has 0 radical (unpaired) electrons. The number of hydrogen-bond donors (Lipinski definition) is 2. The molecule has 2 aromatic heterocycles. The summed E-state index contributed by atoms with van der Waals surface area (Å²) >= 11 is 0. The maximum absolute atomic E-state index is 4.33. The molecule has 90 valence electrons.